The Morgan fingerprint density at radius 3 is 2.42 bits per heavy atom. The van der Waals surface area contributed by atoms with Crippen LogP contribution in [0.1, 0.15) is 40.7 Å². The number of hydrogen-bond acceptors (Lipinski definition) is 2. The first-order chi connectivity index (χ1) is 11.7. The van der Waals surface area contributed by atoms with E-state index in [1.54, 1.807) is 12.1 Å². The molecule has 3 nitrogen and oxygen atoms in total. The molecule has 3 heteroatoms. The van der Waals surface area contributed by atoms with Gasteiger partial charge in [0, 0.05) is 6.54 Å². The number of piperidine rings is 1. The maximum absolute atomic E-state index is 11.1. The molecule has 0 amide bonds. The van der Waals surface area contributed by atoms with Crippen LogP contribution < -0.4 is 0 Å². The Kier molecular flexibility index (Phi) is 5.65. The molecule has 24 heavy (non-hydrogen) atoms. The van der Waals surface area contributed by atoms with Gasteiger partial charge in [-0.2, -0.15) is 0 Å². The summed E-state index contributed by atoms with van der Waals surface area (Å²) in [7, 11) is 0. The summed E-state index contributed by atoms with van der Waals surface area (Å²) in [5.74, 6) is -0.0386. The Balaban J connectivity index is 1.45. The number of likely N-dealkylation sites (tertiary alicyclic amines) is 1. The van der Waals surface area contributed by atoms with Crippen molar-refractivity contribution >= 4 is 5.97 Å². The highest BCUT2D eigenvalue weighted by atomic mass is 16.4. The quantitative estimate of drug-likeness (QED) is 0.865. The highest BCUT2D eigenvalue weighted by molar-refractivity contribution is 5.87. The Morgan fingerprint density at radius 1 is 1.00 bits per heavy atom. The van der Waals surface area contributed by atoms with Crippen LogP contribution in [0.5, 0.6) is 0 Å². The minimum atomic E-state index is -0.850. The number of carbonyl (C=O) groups is 1. The number of nitrogens with zero attached hydrogens (tertiary/aromatic N) is 1. The topological polar surface area (TPSA) is 40.5 Å². The van der Waals surface area contributed by atoms with Crippen molar-refractivity contribution in [3.05, 3.63) is 71.3 Å². The van der Waals surface area contributed by atoms with Crippen LogP contribution in [0.15, 0.2) is 54.6 Å². The van der Waals surface area contributed by atoms with E-state index in [-0.39, 0.29) is 0 Å². The van der Waals surface area contributed by atoms with Crippen molar-refractivity contribution in [1.29, 1.82) is 0 Å². The second-order valence-corrected chi connectivity index (χ2v) is 6.75. The molecule has 2 aromatic carbocycles. The zero-order valence-corrected chi connectivity index (χ0v) is 14.0. The molecule has 1 N–H and O–H groups in total. The Hall–Kier alpha value is -2.13. The highest BCUT2D eigenvalue weighted by Crippen LogP contribution is 2.23. The molecule has 1 aliphatic rings. The van der Waals surface area contributed by atoms with E-state index in [4.69, 9.17) is 5.11 Å². The summed E-state index contributed by atoms with van der Waals surface area (Å²) in [5, 5.41) is 9.09. The molecule has 0 unspecified atom stereocenters. The summed E-state index contributed by atoms with van der Waals surface area (Å²) in [4.78, 5) is 13.5. The molecule has 0 bridgehead atoms. The van der Waals surface area contributed by atoms with Crippen LogP contribution in [-0.2, 0) is 13.0 Å². The average molecular weight is 323 g/mol. The maximum Gasteiger partial charge on any atom is 0.335 e. The first-order valence-corrected chi connectivity index (χ1v) is 8.79. The predicted molar refractivity (Wildman–Crippen MR) is 96.2 cm³/mol. The van der Waals surface area contributed by atoms with Gasteiger partial charge in [0.15, 0.2) is 0 Å². The molecule has 0 saturated carbocycles. The summed E-state index contributed by atoms with van der Waals surface area (Å²) in [6.45, 7) is 3.07. The number of benzene rings is 2. The third-order valence-electron chi connectivity index (χ3n) is 4.97. The van der Waals surface area contributed by atoms with E-state index >= 15 is 0 Å². The van der Waals surface area contributed by atoms with Gasteiger partial charge in [0.1, 0.15) is 0 Å². The SMILES string of the molecule is O=C(O)c1cccc(CN2CCC(CCc3ccccc3)CC2)c1. The third kappa shape index (κ3) is 4.68. The molecule has 1 saturated heterocycles. The maximum atomic E-state index is 11.1. The second-order valence-electron chi connectivity index (χ2n) is 6.75. The minimum absolute atomic E-state index is 0.380. The van der Waals surface area contributed by atoms with E-state index in [2.05, 4.69) is 35.2 Å². The van der Waals surface area contributed by atoms with Gasteiger partial charge in [-0.15, -0.1) is 0 Å². The normalized spacial score (nSPS) is 16.2. The van der Waals surface area contributed by atoms with Crippen LogP contribution >= 0.6 is 0 Å². The van der Waals surface area contributed by atoms with Gasteiger partial charge in [-0.05, 0) is 68.0 Å². The molecule has 1 heterocycles. The van der Waals surface area contributed by atoms with Crippen LogP contribution in [-0.4, -0.2) is 29.1 Å². The van der Waals surface area contributed by atoms with Gasteiger partial charge in [-0.25, -0.2) is 4.79 Å². The van der Waals surface area contributed by atoms with Crippen molar-refractivity contribution in [2.24, 2.45) is 5.92 Å². The fourth-order valence-corrected chi connectivity index (χ4v) is 3.51. The van der Waals surface area contributed by atoms with Crippen LogP contribution in [0.3, 0.4) is 0 Å². The van der Waals surface area contributed by atoms with E-state index in [1.807, 2.05) is 12.1 Å². The Labute approximate surface area is 143 Å². The number of carboxylic acids is 1. The van der Waals surface area contributed by atoms with Gasteiger partial charge in [-0.3, -0.25) is 4.90 Å². The molecule has 1 aliphatic heterocycles. The summed E-state index contributed by atoms with van der Waals surface area (Å²) in [5.41, 5.74) is 2.91. The van der Waals surface area contributed by atoms with Crippen LogP contribution in [0, 0.1) is 5.92 Å². The van der Waals surface area contributed by atoms with E-state index in [9.17, 15) is 4.79 Å². The lowest BCUT2D eigenvalue weighted by molar-refractivity contribution is 0.0696. The zero-order chi connectivity index (χ0) is 16.8. The number of aromatic carboxylic acids is 1. The molecular weight excluding hydrogens is 298 g/mol. The molecule has 0 aliphatic carbocycles. The second kappa shape index (κ2) is 8.11. The molecule has 126 valence electrons. The number of hydrogen-bond donors (Lipinski definition) is 1. The van der Waals surface area contributed by atoms with Gasteiger partial charge >= 0.3 is 5.97 Å². The summed E-state index contributed by atoms with van der Waals surface area (Å²) < 4.78 is 0. The van der Waals surface area contributed by atoms with Crippen molar-refractivity contribution in [2.45, 2.75) is 32.2 Å². The van der Waals surface area contributed by atoms with E-state index in [0.29, 0.717) is 5.56 Å². The molecule has 0 atom stereocenters. The summed E-state index contributed by atoms with van der Waals surface area (Å²) in [6, 6.07) is 18.0. The van der Waals surface area contributed by atoms with E-state index in [0.717, 1.165) is 31.1 Å². The van der Waals surface area contributed by atoms with Crippen molar-refractivity contribution in [3.8, 4) is 0 Å². The highest BCUT2D eigenvalue weighted by Gasteiger charge is 2.19. The Morgan fingerprint density at radius 2 is 1.71 bits per heavy atom. The summed E-state index contributed by atoms with van der Waals surface area (Å²) in [6.07, 6.45) is 4.93. The lowest BCUT2D eigenvalue weighted by Crippen LogP contribution is -2.33. The first kappa shape index (κ1) is 16.7. The minimum Gasteiger partial charge on any atom is -0.478 e. The lowest BCUT2D eigenvalue weighted by Gasteiger charge is -2.32. The molecule has 0 aromatic heterocycles. The van der Waals surface area contributed by atoms with E-state index in [1.165, 1.54) is 31.2 Å². The van der Waals surface area contributed by atoms with Crippen LogP contribution in [0.2, 0.25) is 0 Å². The smallest absolute Gasteiger partial charge is 0.335 e. The van der Waals surface area contributed by atoms with Gasteiger partial charge in [0.2, 0.25) is 0 Å². The average Bonchev–Trinajstić information content (AvgIpc) is 2.62. The number of rotatable bonds is 6. The lowest BCUT2D eigenvalue weighted by atomic mass is 9.90. The van der Waals surface area contributed by atoms with Gasteiger partial charge < -0.3 is 5.11 Å². The van der Waals surface area contributed by atoms with E-state index < -0.39 is 5.97 Å². The van der Waals surface area contributed by atoms with Crippen molar-refractivity contribution in [3.63, 3.8) is 0 Å². The number of aryl methyl sites for hydroxylation is 1. The fourth-order valence-electron chi connectivity index (χ4n) is 3.51. The van der Waals surface area contributed by atoms with Crippen molar-refractivity contribution in [2.75, 3.05) is 13.1 Å². The van der Waals surface area contributed by atoms with Crippen molar-refractivity contribution < 1.29 is 9.90 Å². The Bertz CT molecular complexity index is 661. The zero-order valence-electron chi connectivity index (χ0n) is 14.0. The van der Waals surface area contributed by atoms with Gasteiger partial charge in [-0.1, -0.05) is 42.5 Å². The van der Waals surface area contributed by atoms with Crippen molar-refractivity contribution in [1.82, 2.24) is 4.90 Å². The molecule has 0 radical (unpaired) electrons. The van der Waals surface area contributed by atoms with Crippen LogP contribution in [0.4, 0.5) is 0 Å². The number of carboxylic acid groups (broad SMARTS) is 1. The standard InChI is InChI=1S/C21H25NO2/c23-21(24)20-8-4-7-19(15-20)16-22-13-11-18(12-14-22)10-9-17-5-2-1-3-6-17/h1-8,15,18H,9-14,16H2,(H,23,24). The fraction of sp³-hybridized carbons (Fsp3) is 0.381. The molecule has 3 rings (SSSR count). The largest absolute Gasteiger partial charge is 0.478 e. The van der Waals surface area contributed by atoms with Gasteiger partial charge in [0.05, 0.1) is 5.56 Å². The third-order valence-corrected chi connectivity index (χ3v) is 4.97. The van der Waals surface area contributed by atoms with Crippen LogP contribution in [0.25, 0.3) is 0 Å². The molecular formula is C21H25NO2. The summed E-state index contributed by atoms with van der Waals surface area (Å²) >= 11 is 0. The first-order valence-electron chi connectivity index (χ1n) is 8.79. The molecule has 1 fully saturated rings. The van der Waals surface area contributed by atoms with Gasteiger partial charge in [0.25, 0.3) is 0 Å². The monoisotopic (exact) mass is 323 g/mol. The molecule has 0 spiro atoms. The molecule has 2 aromatic rings. The predicted octanol–water partition coefficient (Wildman–Crippen LogP) is 4.23.